The number of carbonyl (C=O) groups is 3. The molecular weight excluding hydrogens is 444 g/mol. The number of benzene rings is 1. The monoisotopic (exact) mass is 482 g/mol. The molecule has 3 aliphatic heterocycles. The Morgan fingerprint density at radius 2 is 1.80 bits per heavy atom. The number of nitrogens with one attached hydrogen (secondary N) is 1. The molecule has 3 saturated heterocycles. The molecule has 1 aromatic carbocycles. The molecule has 0 radical (unpaired) electrons. The molecule has 0 spiro atoms. The molecule has 8 nitrogen and oxygen atoms in total. The molecule has 1 aliphatic carbocycles. The van der Waals surface area contributed by atoms with Crippen LogP contribution >= 0.6 is 0 Å². The summed E-state index contributed by atoms with van der Waals surface area (Å²) in [6, 6.07) is 6.48. The first-order chi connectivity index (χ1) is 16.9. The zero-order valence-electron chi connectivity index (χ0n) is 21.1. The van der Waals surface area contributed by atoms with Gasteiger partial charge in [0.25, 0.3) is 5.91 Å². The first-order valence-electron chi connectivity index (χ1n) is 13.2. The van der Waals surface area contributed by atoms with E-state index >= 15 is 0 Å². The third kappa shape index (κ3) is 4.83. The van der Waals surface area contributed by atoms with Crippen LogP contribution in [0.4, 0.5) is 5.69 Å². The van der Waals surface area contributed by atoms with Crippen LogP contribution in [0.5, 0.6) is 0 Å². The Morgan fingerprint density at radius 3 is 2.43 bits per heavy atom. The number of ether oxygens (including phenoxy) is 1. The molecule has 0 aromatic heterocycles. The van der Waals surface area contributed by atoms with Crippen molar-refractivity contribution in [1.29, 1.82) is 0 Å². The van der Waals surface area contributed by atoms with Gasteiger partial charge in [-0.25, -0.2) is 0 Å². The van der Waals surface area contributed by atoms with Gasteiger partial charge in [-0.3, -0.25) is 14.4 Å². The molecule has 8 heteroatoms. The highest BCUT2D eigenvalue weighted by molar-refractivity contribution is 5.99. The Balaban J connectivity index is 1.29. The number of anilines is 1. The second-order valence-electron chi connectivity index (χ2n) is 10.9. The van der Waals surface area contributed by atoms with Gasteiger partial charge in [0.05, 0.1) is 6.10 Å². The molecule has 5 rings (SSSR count). The second-order valence-corrected chi connectivity index (χ2v) is 10.9. The number of likely N-dealkylation sites (tertiary alicyclic amines) is 1. The SMILES string of the molecule is CC[C@H](C)[C@H](NC(=O)c1ccc(N2CCN(C)CC2)cc1)C(=O)N1C[C@@H](C2CC2)[C@H]2OCC(=O)[C@H]21. The summed E-state index contributed by atoms with van der Waals surface area (Å²) in [5, 5.41) is 3.02. The summed E-state index contributed by atoms with van der Waals surface area (Å²) >= 11 is 0. The molecule has 1 aromatic rings. The van der Waals surface area contributed by atoms with Gasteiger partial charge in [0.1, 0.15) is 18.7 Å². The van der Waals surface area contributed by atoms with E-state index < -0.39 is 12.1 Å². The maximum Gasteiger partial charge on any atom is 0.251 e. The maximum atomic E-state index is 13.8. The van der Waals surface area contributed by atoms with Gasteiger partial charge in [0.2, 0.25) is 5.91 Å². The number of nitrogens with zero attached hydrogens (tertiary/aromatic N) is 3. The first-order valence-corrected chi connectivity index (χ1v) is 13.2. The molecular formula is C27H38N4O4. The van der Waals surface area contributed by atoms with Gasteiger partial charge >= 0.3 is 0 Å². The summed E-state index contributed by atoms with van der Waals surface area (Å²) < 4.78 is 5.83. The largest absolute Gasteiger partial charge is 0.369 e. The molecule has 190 valence electrons. The molecule has 5 atom stereocenters. The molecule has 4 fully saturated rings. The highest BCUT2D eigenvalue weighted by Crippen LogP contribution is 2.46. The third-order valence-electron chi connectivity index (χ3n) is 8.50. The van der Waals surface area contributed by atoms with Crippen LogP contribution in [-0.2, 0) is 14.3 Å². The van der Waals surface area contributed by atoms with Gasteiger partial charge in [-0.05, 0) is 56.0 Å². The van der Waals surface area contributed by atoms with Crippen molar-refractivity contribution >= 4 is 23.3 Å². The van der Waals surface area contributed by atoms with Crippen molar-refractivity contribution < 1.29 is 19.1 Å². The van der Waals surface area contributed by atoms with E-state index in [4.69, 9.17) is 4.74 Å². The lowest BCUT2D eigenvalue weighted by Gasteiger charge is -2.34. The van der Waals surface area contributed by atoms with Crippen LogP contribution in [0.15, 0.2) is 24.3 Å². The van der Waals surface area contributed by atoms with Crippen LogP contribution in [0.1, 0.15) is 43.5 Å². The topological polar surface area (TPSA) is 82.2 Å². The van der Waals surface area contributed by atoms with Gasteiger partial charge in [-0.1, -0.05) is 20.3 Å². The third-order valence-corrected chi connectivity index (χ3v) is 8.50. The molecule has 35 heavy (non-hydrogen) atoms. The van der Waals surface area contributed by atoms with Crippen molar-refractivity contribution in [1.82, 2.24) is 15.1 Å². The molecule has 0 bridgehead atoms. The zero-order chi connectivity index (χ0) is 24.7. The summed E-state index contributed by atoms with van der Waals surface area (Å²) in [5.74, 6) is 0.301. The van der Waals surface area contributed by atoms with Gasteiger partial charge in [-0.15, -0.1) is 0 Å². The van der Waals surface area contributed by atoms with Crippen molar-refractivity contribution in [3.05, 3.63) is 29.8 Å². The van der Waals surface area contributed by atoms with E-state index in [9.17, 15) is 14.4 Å². The fourth-order valence-electron chi connectivity index (χ4n) is 5.83. The summed E-state index contributed by atoms with van der Waals surface area (Å²) in [5.41, 5.74) is 1.65. The number of Topliss-reactive ketones (excluding diaryl/α,β-unsaturated/α-hetero) is 1. The minimum absolute atomic E-state index is 0.0137. The average Bonchev–Trinajstić information content (AvgIpc) is 3.54. The molecule has 4 aliphatic rings. The number of ketones is 1. The fraction of sp³-hybridized carbons (Fsp3) is 0.667. The van der Waals surface area contributed by atoms with E-state index in [0.29, 0.717) is 18.0 Å². The van der Waals surface area contributed by atoms with Crippen molar-refractivity contribution in [2.45, 2.75) is 51.3 Å². The first kappa shape index (κ1) is 24.3. The standard InChI is InChI=1S/C27H38N4O4/c1-4-17(2)23(27(34)31-15-21(18-5-6-18)25-24(31)22(32)16-35-25)28-26(33)19-7-9-20(10-8-19)30-13-11-29(3)12-14-30/h7-10,17-18,21,23-25H,4-6,11-16H2,1-3H3,(H,28,33)/t17-,21-,23-,24+,25+/m0/s1. The van der Waals surface area contributed by atoms with Crippen LogP contribution < -0.4 is 10.2 Å². The van der Waals surface area contributed by atoms with Gasteiger partial charge in [0.15, 0.2) is 5.78 Å². The van der Waals surface area contributed by atoms with E-state index in [1.807, 2.05) is 38.1 Å². The number of piperazine rings is 1. The average molecular weight is 483 g/mol. The number of likely N-dealkylation sites (N-methyl/N-ethyl adjacent to an activating group) is 1. The van der Waals surface area contributed by atoms with E-state index in [-0.39, 0.29) is 42.1 Å². The van der Waals surface area contributed by atoms with Gasteiger partial charge in [-0.2, -0.15) is 0 Å². The molecule has 1 saturated carbocycles. The normalized spacial score (nSPS) is 28.7. The lowest BCUT2D eigenvalue weighted by Crippen LogP contribution is -2.54. The number of carbonyl (C=O) groups excluding carboxylic acids is 3. The summed E-state index contributed by atoms with van der Waals surface area (Å²) in [6.07, 6.45) is 2.85. The molecule has 0 unspecified atom stereocenters. The predicted octanol–water partition coefficient (Wildman–Crippen LogP) is 1.79. The fourth-order valence-corrected chi connectivity index (χ4v) is 5.83. The van der Waals surface area contributed by atoms with Crippen LogP contribution in [0.2, 0.25) is 0 Å². The number of hydrogen-bond acceptors (Lipinski definition) is 6. The Labute approximate surface area is 207 Å². The maximum absolute atomic E-state index is 13.8. The Bertz CT molecular complexity index is 954. The minimum atomic E-state index is -0.670. The van der Waals surface area contributed by atoms with E-state index in [1.54, 1.807) is 4.90 Å². The predicted molar refractivity (Wildman–Crippen MR) is 133 cm³/mol. The number of fused-ring (bicyclic) bond motifs is 1. The lowest BCUT2D eigenvalue weighted by molar-refractivity contribution is -0.139. The summed E-state index contributed by atoms with van der Waals surface area (Å²) in [6.45, 7) is 8.62. The van der Waals surface area contributed by atoms with E-state index in [0.717, 1.165) is 51.1 Å². The van der Waals surface area contributed by atoms with Crippen molar-refractivity contribution in [3.63, 3.8) is 0 Å². The van der Waals surface area contributed by atoms with Crippen LogP contribution in [-0.4, -0.2) is 92.0 Å². The summed E-state index contributed by atoms with van der Waals surface area (Å²) in [7, 11) is 2.13. The highest BCUT2D eigenvalue weighted by atomic mass is 16.5. The van der Waals surface area contributed by atoms with Gasteiger partial charge < -0.3 is 24.8 Å². The van der Waals surface area contributed by atoms with Crippen LogP contribution in [0.25, 0.3) is 0 Å². The number of hydrogen-bond donors (Lipinski definition) is 1. The Hall–Kier alpha value is -2.45. The van der Waals surface area contributed by atoms with Crippen molar-refractivity contribution in [2.24, 2.45) is 17.8 Å². The van der Waals surface area contributed by atoms with Crippen molar-refractivity contribution in [2.75, 3.05) is 51.3 Å². The van der Waals surface area contributed by atoms with Crippen molar-refractivity contribution in [3.8, 4) is 0 Å². The Morgan fingerprint density at radius 1 is 1.11 bits per heavy atom. The quantitative estimate of drug-likeness (QED) is 0.638. The Kier molecular flexibility index (Phi) is 6.86. The van der Waals surface area contributed by atoms with Crippen LogP contribution in [0, 0.1) is 17.8 Å². The number of amides is 2. The minimum Gasteiger partial charge on any atom is -0.369 e. The highest BCUT2D eigenvalue weighted by Gasteiger charge is 2.56. The molecule has 1 N–H and O–H groups in total. The van der Waals surface area contributed by atoms with Gasteiger partial charge in [0, 0.05) is 49.9 Å². The van der Waals surface area contributed by atoms with E-state index in [1.165, 1.54) is 0 Å². The summed E-state index contributed by atoms with van der Waals surface area (Å²) in [4.78, 5) is 46.0. The lowest BCUT2D eigenvalue weighted by atomic mass is 9.96. The number of rotatable bonds is 7. The zero-order valence-corrected chi connectivity index (χ0v) is 21.1. The molecule has 2 amide bonds. The van der Waals surface area contributed by atoms with E-state index in [2.05, 4.69) is 22.2 Å². The van der Waals surface area contributed by atoms with Crippen LogP contribution in [0.3, 0.4) is 0 Å². The second kappa shape index (κ2) is 9.90. The molecule has 3 heterocycles. The smallest absolute Gasteiger partial charge is 0.251 e.